The number of nitrogens with zero attached hydrogens (tertiary/aromatic N) is 1. The fourth-order valence-electron chi connectivity index (χ4n) is 2.28. The van der Waals surface area contributed by atoms with E-state index < -0.39 is 15.8 Å². The number of likely N-dealkylation sites (N-methyl/N-ethyl adjacent to an activating group) is 2. The van der Waals surface area contributed by atoms with Crippen LogP contribution < -0.4 is 10.0 Å². The number of hydrogen-bond acceptors (Lipinski definition) is 4. The molecule has 0 fully saturated rings. The first-order valence-electron chi connectivity index (χ1n) is 8.03. The number of benzene rings is 2. The maximum atomic E-state index is 13.3. The number of anilines is 1. The van der Waals surface area contributed by atoms with Crippen molar-refractivity contribution in [2.24, 2.45) is 0 Å². The van der Waals surface area contributed by atoms with Crippen molar-refractivity contribution in [1.82, 2.24) is 10.2 Å². The molecule has 2 aromatic rings. The van der Waals surface area contributed by atoms with Gasteiger partial charge in [-0.3, -0.25) is 9.52 Å². The second-order valence-electron chi connectivity index (χ2n) is 5.92. The van der Waals surface area contributed by atoms with Crippen molar-refractivity contribution >= 4 is 21.6 Å². The average molecular weight is 379 g/mol. The highest BCUT2D eigenvalue weighted by Crippen LogP contribution is 2.19. The van der Waals surface area contributed by atoms with E-state index in [1.807, 2.05) is 7.05 Å². The van der Waals surface area contributed by atoms with Crippen molar-refractivity contribution in [2.45, 2.75) is 11.8 Å². The summed E-state index contributed by atoms with van der Waals surface area (Å²) >= 11 is 0. The van der Waals surface area contributed by atoms with Crippen LogP contribution in [-0.4, -0.2) is 46.4 Å². The van der Waals surface area contributed by atoms with Crippen LogP contribution in [0.25, 0.3) is 0 Å². The molecule has 2 rings (SSSR count). The molecule has 0 atom stereocenters. The molecular weight excluding hydrogens is 357 g/mol. The molecule has 0 aliphatic carbocycles. The van der Waals surface area contributed by atoms with E-state index in [0.29, 0.717) is 24.3 Å². The smallest absolute Gasteiger partial charge is 0.261 e. The van der Waals surface area contributed by atoms with Gasteiger partial charge >= 0.3 is 0 Å². The summed E-state index contributed by atoms with van der Waals surface area (Å²) in [6, 6.07) is 9.76. The number of carbonyl (C=O) groups excluding carboxylic acids is 1. The lowest BCUT2D eigenvalue weighted by molar-refractivity contribution is 0.0797. The summed E-state index contributed by atoms with van der Waals surface area (Å²) in [7, 11) is -0.325. The zero-order chi connectivity index (χ0) is 19.3. The number of rotatable bonds is 7. The molecule has 0 aliphatic heterocycles. The molecule has 6 nitrogen and oxygen atoms in total. The number of halogens is 1. The third-order valence-electron chi connectivity index (χ3n) is 3.87. The molecule has 0 spiro atoms. The molecule has 1 amide bonds. The van der Waals surface area contributed by atoms with Gasteiger partial charge < -0.3 is 10.2 Å². The fraction of sp³-hybridized carbons (Fsp3) is 0.278. The molecule has 140 valence electrons. The summed E-state index contributed by atoms with van der Waals surface area (Å²) in [5.74, 6) is -0.613. The highest BCUT2D eigenvalue weighted by atomic mass is 32.2. The Hall–Kier alpha value is -2.45. The van der Waals surface area contributed by atoms with E-state index in [0.717, 1.165) is 6.07 Å². The van der Waals surface area contributed by atoms with Gasteiger partial charge in [0.15, 0.2) is 0 Å². The molecule has 2 N–H and O–H groups in total. The Morgan fingerprint density at radius 3 is 2.38 bits per heavy atom. The Balaban J connectivity index is 2.13. The summed E-state index contributed by atoms with van der Waals surface area (Å²) in [6.07, 6.45) is 0. The van der Waals surface area contributed by atoms with Gasteiger partial charge in [-0.25, -0.2) is 12.8 Å². The minimum Gasteiger partial charge on any atom is -0.340 e. The Morgan fingerprint density at radius 2 is 1.81 bits per heavy atom. The van der Waals surface area contributed by atoms with Crippen molar-refractivity contribution in [3.05, 3.63) is 59.4 Å². The van der Waals surface area contributed by atoms with Crippen LogP contribution in [0, 0.1) is 12.7 Å². The first kappa shape index (κ1) is 19.9. The van der Waals surface area contributed by atoms with E-state index in [-0.39, 0.29) is 16.4 Å². The minimum absolute atomic E-state index is 0.0247. The monoisotopic (exact) mass is 379 g/mol. The number of amides is 1. The number of carbonyl (C=O) groups is 1. The molecule has 0 saturated carbocycles. The summed E-state index contributed by atoms with van der Waals surface area (Å²) in [5.41, 5.74) is 1.03. The molecule has 0 aromatic heterocycles. The van der Waals surface area contributed by atoms with Crippen LogP contribution in [0.4, 0.5) is 10.1 Å². The van der Waals surface area contributed by atoms with Gasteiger partial charge in [0.1, 0.15) is 5.82 Å². The number of aryl methyl sites for hydroxylation is 1. The van der Waals surface area contributed by atoms with E-state index in [1.54, 1.807) is 24.1 Å². The molecule has 2 aromatic carbocycles. The fourth-order valence-corrected chi connectivity index (χ4v) is 3.42. The van der Waals surface area contributed by atoms with Gasteiger partial charge in [-0.1, -0.05) is 0 Å². The van der Waals surface area contributed by atoms with Gasteiger partial charge in [-0.2, -0.15) is 0 Å². The van der Waals surface area contributed by atoms with Crippen LogP contribution in [0.5, 0.6) is 0 Å². The van der Waals surface area contributed by atoms with Crippen LogP contribution in [0.3, 0.4) is 0 Å². The van der Waals surface area contributed by atoms with E-state index >= 15 is 0 Å². The lowest BCUT2D eigenvalue weighted by Crippen LogP contribution is -2.32. The van der Waals surface area contributed by atoms with Crippen LogP contribution in [0.1, 0.15) is 15.9 Å². The van der Waals surface area contributed by atoms with Gasteiger partial charge in [-0.05, 0) is 62.0 Å². The predicted molar refractivity (Wildman–Crippen MR) is 99.3 cm³/mol. The van der Waals surface area contributed by atoms with Gasteiger partial charge in [0, 0.05) is 31.4 Å². The van der Waals surface area contributed by atoms with Crippen molar-refractivity contribution < 1.29 is 17.6 Å². The molecular formula is C18H22FN3O3S. The predicted octanol–water partition coefficient (Wildman–Crippen LogP) is 2.23. The van der Waals surface area contributed by atoms with Gasteiger partial charge in [0.05, 0.1) is 4.90 Å². The zero-order valence-corrected chi connectivity index (χ0v) is 15.7. The highest BCUT2D eigenvalue weighted by molar-refractivity contribution is 7.92. The normalized spacial score (nSPS) is 11.2. The van der Waals surface area contributed by atoms with Crippen molar-refractivity contribution in [3.63, 3.8) is 0 Å². The van der Waals surface area contributed by atoms with E-state index in [4.69, 9.17) is 0 Å². The van der Waals surface area contributed by atoms with Crippen LogP contribution in [0.2, 0.25) is 0 Å². The second kappa shape index (κ2) is 8.29. The summed E-state index contributed by atoms with van der Waals surface area (Å²) < 4.78 is 40.5. The first-order valence-corrected chi connectivity index (χ1v) is 9.52. The van der Waals surface area contributed by atoms with E-state index in [2.05, 4.69) is 10.0 Å². The minimum atomic E-state index is -3.83. The highest BCUT2D eigenvalue weighted by Gasteiger charge is 2.16. The van der Waals surface area contributed by atoms with E-state index in [9.17, 15) is 17.6 Å². The quantitative estimate of drug-likeness (QED) is 0.773. The van der Waals surface area contributed by atoms with E-state index in [1.165, 1.54) is 31.2 Å². The average Bonchev–Trinajstić information content (AvgIpc) is 2.61. The third-order valence-corrected chi connectivity index (χ3v) is 5.25. The number of hydrogen-bond donors (Lipinski definition) is 2. The standard InChI is InChI=1S/C18H22FN3O3S/c1-13-12-16(8-9-17(13)19)26(24,25)21-15-6-4-14(5-7-15)18(23)22(3)11-10-20-2/h4-9,12,20-21H,10-11H2,1-3H3. The van der Waals surface area contributed by atoms with Gasteiger partial charge in [-0.15, -0.1) is 0 Å². The van der Waals surface area contributed by atoms with Gasteiger partial charge in [0.2, 0.25) is 0 Å². The molecule has 0 aliphatic rings. The maximum Gasteiger partial charge on any atom is 0.261 e. The van der Waals surface area contributed by atoms with Crippen molar-refractivity contribution in [2.75, 3.05) is 31.9 Å². The largest absolute Gasteiger partial charge is 0.340 e. The molecule has 0 bridgehead atoms. The Morgan fingerprint density at radius 1 is 1.15 bits per heavy atom. The lowest BCUT2D eigenvalue weighted by atomic mass is 10.2. The van der Waals surface area contributed by atoms with Gasteiger partial charge in [0.25, 0.3) is 15.9 Å². The summed E-state index contributed by atoms with van der Waals surface area (Å²) in [5, 5.41) is 2.97. The second-order valence-corrected chi connectivity index (χ2v) is 7.61. The topological polar surface area (TPSA) is 78.5 Å². The zero-order valence-electron chi connectivity index (χ0n) is 14.9. The summed E-state index contributed by atoms with van der Waals surface area (Å²) in [6.45, 7) is 2.74. The Bertz CT molecular complexity index is 883. The summed E-state index contributed by atoms with van der Waals surface area (Å²) in [4.78, 5) is 13.8. The SMILES string of the molecule is CNCCN(C)C(=O)c1ccc(NS(=O)(=O)c2ccc(F)c(C)c2)cc1. The molecule has 0 unspecified atom stereocenters. The molecule has 0 radical (unpaired) electrons. The lowest BCUT2D eigenvalue weighted by Gasteiger charge is -2.17. The maximum absolute atomic E-state index is 13.3. The third kappa shape index (κ3) is 4.80. The number of nitrogens with one attached hydrogen (secondary N) is 2. The van der Waals surface area contributed by atoms with Crippen LogP contribution in [0.15, 0.2) is 47.4 Å². The molecule has 26 heavy (non-hydrogen) atoms. The molecule has 0 heterocycles. The Labute approximate surface area is 153 Å². The molecule has 0 saturated heterocycles. The number of sulfonamides is 1. The molecule has 8 heteroatoms. The van der Waals surface area contributed by atoms with Crippen LogP contribution >= 0.6 is 0 Å². The van der Waals surface area contributed by atoms with Crippen molar-refractivity contribution in [1.29, 1.82) is 0 Å². The van der Waals surface area contributed by atoms with Crippen molar-refractivity contribution in [3.8, 4) is 0 Å². The van der Waals surface area contributed by atoms with Crippen LogP contribution in [-0.2, 0) is 10.0 Å². The Kier molecular flexibility index (Phi) is 6.33. The first-order chi connectivity index (χ1) is 12.2.